The fraction of sp³-hybridized carbons (Fsp3) is 0.389. The maximum Gasteiger partial charge on any atom is 0.256 e. The molecule has 1 aliphatic carbocycles. The molecule has 1 aromatic heterocycles. The van der Waals surface area contributed by atoms with Gasteiger partial charge >= 0.3 is 0 Å². The van der Waals surface area contributed by atoms with Crippen LogP contribution in [0.4, 0.5) is 10.1 Å². The number of morpholine rings is 2. The third-order valence-electron chi connectivity index (χ3n) is 9.66. The summed E-state index contributed by atoms with van der Waals surface area (Å²) in [6.45, 7) is 8.63. The Morgan fingerprint density at radius 1 is 0.872 bits per heavy atom. The van der Waals surface area contributed by atoms with Gasteiger partial charge in [-0.25, -0.2) is 4.39 Å². The molecule has 3 aromatic carbocycles. The van der Waals surface area contributed by atoms with E-state index in [1.165, 1.54) is 11.6 Å². The van der Waals surface area contributed by atoms with Gasteiger partial charge in [0.05, 0.1) is 37.5 Å². The first-order valence-electron chi connectivity index (χ1n) is 16.5. The highest BCUT2D eigenvalue weighted by molar-refractivity contribution is 6.01. The predicted octanol–water partition coefficient (Wildman–Crippen LogP) is 4.00. The lowest BCUT2D eigenvalue weighted by molar-refractivity contribution is 0.0374. The van der Waals surface area contributed by atoms with Crippen molar-refractivity contribution in [3.63, 3.8) is 0 Å². The van der Waals surface area contributed by atoms with Crippen LogP contribution < -0.4 is 20.8 Å². The molecular formula is C36H38FN5O5. The number of benzene rings is 3. The van der Waals surface area contributed by atoms with E-state index in [4.69, 9.17) is 14.2 Å². The van der Waals surface area contributed by atoms with Crippen LogP contribution in [0.5, 0.6) is 11.5 Å². The number of anilines is 1. The molecule has 8 rings (SSSR count). The number of hydrogen-bond acceptors (Lipinski definition) is 8. The number of nitrogens with one attached hydrogen (secondary N) is 2. The molecule has 0 atom stereocenters. The lowest BCUT2D eigenvalue weighted by Gasteiger charge is -2.28. The molecule has 0 radical (unpaired) electrons. The molecule has 3 aliphatic heterocycles. The summed E-state index contributed by atoms with van der Waals surface area (Å²) >= 11 is 0. The van der Waals surface area contributed by atoms with E-state index in [1.807, 2.05) is 22.8 Å². The summed E-state index contributed by atoms with van der Waals surface area (Å²) in [5.74, 6) is -0.276. The first-order chi connectivity index (χ1) is 23.0. The second kappa shape index (κ2) is 12.7. The van der Waals surface area contributed by atoms with Gasteiger partial charge in [-0.1, -0.05) is 24.3 Å². The average Bonchev–Trinajstić information content (AvgIpc) is 3.46. The number of pyridine rings is 1. The van der Waals surface area contributed by atoms with Crippen LogP contribution in [-0.4, -0.2) is 99.1 Å². The van der Waals surface area contributed by atoms with Crippen molar-refractivity contribution in [1.29, 1.82) is 0 Å². The minimum Gasteiger partial charge on any atom is -0.451 e. The van der Waals surface area contributed by atoms with Crippen LogP contribution in [-0.2, 0) is 15.9 Å². The van der Waals surface area contributed by atoms with E-state index >= 15 is 4.39 Å². The van der Waals surface area contributed by atoms with Gasteiger partial charge in [-0.15, -0.1) is 0 Å². The van der Waals surface area contributed by atoms with E-state index in [1.54, 1.807) is 6.20 Å². The predicted molar refractivity (Wildman–Crippen MR) is 178 cm³/mol. The third kappa shape index (κ3) is 5.67. The first kappa shape index (κ1) is 30.1. The summed E-state index contributed by atoms with van der Waals surface area (Å²) in [6.07, 6.45) is 3.10. The maximum atomic E-state index is 16.0. The van der Waals surface area contributed by atoms with Gasteiger partial charge in [-0.05, 0) is 59.8 Å². The molecule has 2 saturated heterocycles. The Morgan fingerprint density at radius 3 is 2.40 bits per heavy atom. The van der Waals surface area contributed by atoms with Crippen molar-refractivity contribution in [2.75, 3.05) is 84.1 Å². The summed E-state index contributed by atoms with van der Waals surface area (Å²) in [6, 6.07) is 13.6. The molecular weight excluding hydrogens is 601 g/mol. The molecule has 0 bridgehead atoms. The van der Waals surface area contributed by atoms with Crippen LogP contribution in [0.25, 0.3) is 27.7 Å². The van der Waals surface area contributed by atoms with E-state index in [9.17, 15) is 9.59 Å². The Bertz CT molecular complexity index is 1910. The first-order valence-corrected chi connectivity index (χ1v) is 16.5. The van der Waals surface area contributed by atoms with E-state index in [2.05, 4.69) is 38.6 Å². The van der Waals surface area contributed by atoms with Gasteiger partial charge in [0.25, 0.3) is 5.91 Å². The zero-order valence-corrected chi connectivity index (χ0v) is 26.3. The molecule has 47 heavy (non-hydrogen) atoms. The Balaban J connectivity index is 1.16. The third-order valence-corrected chi connectivity index (χ3v) is 9.66. The monoisotopic (exact) mass is 639 g/mol. The van der Waals surface area contributed by atoms with Crippen molar-refractivity contribution in [2.24, 2.45) is 0 Å². The Kier molecular flexibility index (Phi) is 8.14. The minimum atomic E-state index is -0.599. The van der Waals surface area contributed by atoms with E-state index in [0.717, 1.165) is 62.3 Å². The van der Waals surface area contributed by atoms with Gasteiger partial charge < -0.3 is 29.4 Å². The molecule has 0 spiro atoms. The van der Waals surface area contributed by atoms with Crippen molar-refractivity contribution >= 4 is 22.5 Å². The van der Waals surface area contributed by atoms with E-state index in [0.29, 0.717) is 63.0 Å². The number of aromatic nitrogens is 1. The lowest BCUT2D eigenvalue weighted by atomic mass is 10.0. The van der Waals surface area contributed by atoms with Crippen LogP contribution in [0.2, 0.25) is 0 Å². The number of carbonyl (C=O) groups excluding carboxylic acids is 1. The van der Waals surface area contributed by atoms with Gasteiger partial charge in [0.2, 0.25) is 5.43 Å². The highest BCUT2D eigenvalue weighted by atomic mass is 19.1. The molecule has 0 saturated carbocycles. The maximum absolute atomic E-state index is 16.0. The fourth-order valence-corrected chi connectivity index (χ4v) is 7.16. The number of nitrogens with zero attached hydrogens (tertiary/aromatic N) is 3. The molecule has 10 nitrogen and oxygen atoms in total. The number of fused-ring (bicyclic) bond motifs is 5. The molecule has 1 amide bonds. The summed E-state index contributed by atoms with van der Waals surface area (Å²) in [5.41, 5.74) is 5.35. The van der Waals surface area contributed by atoms with E-state index in [-0.39, 0.29) is 22.4 Å². The van der Waals surface area contributed by atoms with Crippen molar-refractivity contribution in [1.82, 2.24) is 19.7 Å². The highest BCUT2D eigenvalue weighted by Crippen LogP contribution is 2.48. The molecule has 4 aliphatic rings. The van der Waals surface area contributed by atoms with Crippen LogP contribution in [0.15, 0.2) is 53.5 Å². The topological polar surface area (TPSA) is 97.3 Å². The standard InChI is InChI=1S/C36H38FN5O5/c37-29-20-27-33-35(32(29)38-7-9-41-12-16-46-17-13-41)47-31-19-24-18-23-4-1-2-5-25(23)26(24)21-30(31)42(33)22-28(34(27)43)36(44)39-6-3-8-40-10-14-45-15-11-40/h1-2,4-5,19-22,38H,3,6-18H2,(H,39,44). The Morgan fingerprint density at radius 2 is 1.62 bits per heavy atom. The summed E-state index contributed by atoms with van der Waals surface area (Å²) < 4.78 is 35.2. The highest BCUT2D eigenvalue weighted by Gasteiger charge is 2.31. The zero-order valence-electron chi connectivity index (χ0n) is 26.3. The molecule has 2 N–H and O–H groups in total. The molecule has 4 heterocycles. The van der Waals surface area contributed by atoms with Crippen molar-refractivity contribution < 1.29 is 23.4 Å². The van der Waals surface area contributed by atoms with Crippen LogP contribution in [0, 0.1) is 5.82 Å². The number of rotatable bonds is 9. The van der Waals surface area contributed by atoms with Crippen molar-refractivity contribution in [3.05, 3.63) is 81.4 Å². The van der Waals surface area contributed by atoms with Gasteiger partial charge in [-0.2, -0.15) is 0 Å². The summed E-state index contributed by atoms with van der Waals surface area (Å²) in [4.78, 5) is 32.0. The lowest BCUT2D eigenvalue weighted by Crippen LogP contribution is -2.39. The zero-order chi connectivity index (χ0) is 31.9. The smallest absolute Gasteiger partial charge is 0.256 e. The van der Waals surface area contributed by atoms with Crippen molar-refractivity contribution in [3.8, 4) is 28.3 Å². The molecule has 0 unspecified atom stereocenters. The SMILES string of the molecule is O=C(NCCCN1CCOCC1)c1cn2c3c(c(NCCN4CCOCC4)c(F)cc3c1=O)Oc1cc3c(cc1-2)-c1ccccc1C3. The van der Waals surface area contributed by atoms with Gasteiger partial charge in [0.1, 0.15) is 16.8 Å². The molecule has 4 aromatic rings. The fourth-order valence-electron chi connectivity index (χ4n) is 7.16. The number of amides is 1. The molecule has 2 fully saturated rings. The van der Waals surface area contributed by atoms with Crippen molar-refractivity contribution in [2.45, 2.75) is 12.8 Å². The summed E-state index contributed by atoms with van der Waals surface area (Å²) in [5, 5.41) is 6.29. The minimum absolute atomic E-state index is 0.0315. The summed E-state index contributed by atoms with van der Waals surface area (Å²) in [7, 11) is 0. The Labute approximate surface area is 272 Å². The van der Waals surface area contributed by atoms with E-state index < -0.39 is 17.2 Å². The number of ether oxygens (including phenoxy) is 3. The van der Waals surface area contributed by atoms with Crippen LogP contribution in [0.3, 0.4) is 0 Å². The van der Waals surface area contributed by atoms with Crippen LogP contribution >= 0.6 is 0 Å². The number of hydrogen-bond donors (Lipinski definition) is 2. The Hall–Kier alpha value is -4.29. The number of carbonyl (C=O) groups is 1. The molecule has 11 heteroatoms. The normalized spacial score (nSPS) is 17.1. The van der Waals surface area contributed by atoms with Crippen LogP contribution in [0.1, 0.15) is 27.9 Å². The largest absolute Gasteiger partial charge is 0.451 e. The quantitative estimate of drug-likeness (QED) is 0.229. The second-order valence-corrected chi connectivity index (χ2v) is 12.6. The average molecular weight is 640 g/mol. The number of halogens is 1. The van der Waals surface area contributed by atoms with Gasteiger partial charge in [-0.3, -0.25) is 19.4 Å². The van der Waals surface area contributed by atoms with Gasteiger partial charge in [0, 0.05) is 52.0 Å². The van der Waals surface area contributed by atoms with Gasteiger partial charge in [0.15, 0.2) is 17.3 Å². The molecule has 244 valence electrons. The second-order valence-electron chi connectivity index (χ2n) is 12.6.